The molecule has 0 aromatic heterocycles. The van der Waals surface area contributed by atoms with E-state index in [1.807, 2.05) is 0 Å². The van der Waals surface area contributed by atoms with E-state index in [-0.39, 0.29) is 22.8 Å². The summed E-state index contributed by atoms with van der Waals surface area (Å²) in [5, 5.41) is 11.6. The van der Waals surface area contributed by atoms with E-state index in [9.17, 15) is 19.2 Å². The van der Waals surface area contributed by atoms with Gasteiger partial charge in [-0.3, -0.25) is 9.59 Å². The number of nitrogens with zero attached hydrogens (tertiary/aromatic N) is 1. The number of methoxy groups -OCH3 is 1. The van der Waals surface area contributed by atoms with Gasteiger partial charge in [0.15, 0.2) is 11.5 Å². The molecule has 0 unspecified atom stereocenters. The molecule has 0 heterocycles. The summed E-state index contributed by atoms with van der Waals surface area (Å²) >= 11 is 0. The van der Waals surface area contributed by atoms with Crippen LogP contribution in [0.4, 0.5) is 10.1 Å². The van der Waals surface area contributed by atoms with Gasteiger partial charge in [0.05, 0.1) is 12.8 Å². The number of hydrogen-bond acceptors (Lipinski definition) is 5. The van der Waals surface area contributed by atoms with Gasteiger partial charge >= 0.3 is 5.97 Å². The van der Waals surface area contributed by atoms with Crippen molar-refractivity contribution in [2.75, 3.05) is 12.4 Å². The maximum absolute atomic E-state index is 13.6. The number of amides is 1. The Hall–Kier alpha value is -3.66. The normalized spacial score (nSPS) is 10.6. The average Bonchev–Trinajstić information content (AvgIpc) is 2.62. The third-order valence-corrected chi connectivity index (χ3v) is 3.24. The summed E-state index contributed by atoms with van der Waals surface area (Å²) < 4.78 is 23.7. The first-order valence-corrected chi connectivity index (χ1v) is 7.48. The highest BCUT2D eigenvalue weighted by Gasteiger charge is 2.13. The molecule has 0 aliphatic carbocycles. The molecule has 0 fully saturated rings. The molecule has 6 nitrogen and oxygen atoms in total. The zero-order chi connectivity index (χ0) is 19.1. The highest BCUT2D eigenvalue weighted by atomic mass is 19.1. The summed E-state index contributed by atoms with van der Waals surface area (Å²) in [4.78, 5) is 23.3. The molecule has 0 spiro atoms. The molecule has 132 valence electrons. The third-order valence-electron chi connectivity index (χ3n) is 3.24. The van der Waals surface area contributed by atoms with Crippen molar-refractivity contribution in [1.82, 2.24) is 0 Å². The van der Waals surface area contributed by atoms with E-state index in [1.54, 1.807) is 18.2 Å². The summed E-state index contributed by atoms with van der Waals surface area (Å²) in [5.74, 6) is -1.38. The molecule has 2 rings (SSSR count). The molecule has 0 saturated heterocycles. The topological polar surface area (TPSA) is 88.4 Å². The van der Waals surface area contributed by atoms with Crippen LogP contribution in [0.1, 0.15) is 12.5 Å². The second kappa shape index (κ2) is 8.44. The van der Waals surface area contributed by atoms with Crippen LogP contribution in [0.2, 0.25) is 0 Å². The molecule has 7 heteroatoms. The van der Waals surface area contributed by atoms with E-state index in [0.29, 0.717) is 5.56 Å². The molecular weight excluding hydrogens is 339 g/mol. The fraction of sp³-hybridized carbons (Fsp3) is 0.105. The third kappa shape index (κ3) is 4.68. The number of hydrogen-bond donors (Lipinski definition) is 1. The maximum Gasteiger partial charge on any atom is 0.308 e. The predicted molar refractivity (Wildman–Crippen MR) is 92.9 cm³/mol. The van der Waals surface area contributed by atoms with Crippen molar-refractivity contribution < 1.29 is 23.5 Å². The Labute approximate surface area is 149 Å². The molecule has 0 bridgehead atoms. The summed E-state index contributed by atoms with van der Waals surface area (Å²) in [7, 11) is 1.39. The molecule has 26 heavy (non-hydrogen) atoms. The Morgan fingerprint density at radius 2 is 1.92 bits per heavy atom. The molecule has 0 radical (unpaired) electrons. The SMILES string of the molecule is COc1cc(/C=C(/C#N)C(=O)Nc2ccccc2F)ccc1OC(C)=O. The number of para-hydroxylation sites is 1. The van der Waals surface area contributed by atoms with Crippen molar-refractivity contribution >= 4 is 23.6 Å². The molecular formula is C19H15FN2O4. The van der Waals surface area contributed by atoms with E-state index >= 15 is 0 Å². The Kier molecular flexibility index (Phi) is 6.06. The van der Waals surface area contributed by atoms with Gasteiger partial charge in [-0.2, -0.15) is 5.26 Å². The first kappa shape index (κ1) is 18.7. The van der Waals surface area contributed by atoms with Crippen molar-refractivity contribution in [2.24, 2.45) is 0 Å². The second-order valence-corrected chi connectivity index (χ2v) is 5.11. The first-order valence-electron chi connectivity index (χ1n) is 7.48. The monoisotopic (exact) mass is 354 g/mol. The molecule has 0 aliphatic rings. The zero-order valence-corrected chi connectivity index (χ0v) is 14.1. The van der Waals surface area contributed by atoms with Crippen LogP contribution in [-0.2, 0) is 9.59 Å². The van der Waals surface area contributed by atoms with Crippen LogP contribution in [0.25, 0.3) is 6.08 Å². The molecule has 0 saturated carbocycles. The van der Waals surface area contributed by atoms with Gasteiger partial charge in [0.1, 0.15) is 17.5 Å². The summed E-state index contributed by atoms with van der Waals surface area (Å²) in [5.41, 5.74) is 0.218. The van der Waals surface area contributed by atoms with Gasteiger partial charge in [-0.05, 0) is 35.9 Å². The van der Waals surface area contributed by atoms with Crippen LogP contribution in [0.5, 0.6) is 11.5 Å². The Bertz CT molecular complexity index is 916. The Balaban J connectivity index is 2.28. The number of halogens is 1. The smallest absolute Gasteiger partial charge is 0.308 e. The van der Waals surface area contributed by atoms with E-state index in [0.717, 1.165) is 0 Å². The standard InChI is InChI=1S/C19H15FN2O4/c1-12(23)26-17-8-7-13(10-18(17)25-2)9-14(11-21)19(24)22-16-6-4-3-5-15(16)20/h3-10H,1-2H3,(H,22,24)/b14-9-. The minimum absolute atomic E-state index is 0.0264. The number of benzene rings is 2. The summed E-state index contributed by atoms with van der Waals surface area (Å²) in [6.07, 6.45) is 1.32. The second-order valence-electron chi connectivity index (χ2n) is 5.11. The lowest BCUT2D eigenvalue weighted by molar-refractivity contribution is -0.132. The van der Waals surface area contributed by atoms with Gasteiger partial charge in [0.2, 0.25) is 0 Å². The number of nitrogens with one attached hydrogen (secondary N) is 1. The molecule has 0 atom stereocenters. The van der Waals surface area contributed by atoms with Crippen molar-refractivity contribution in [3.63, 3.8) is 0 Å². The van der Waals surface area contributed by atoms with Crippen molar-refractivity contribution in [2.45, 2.75) is 6.92 Å². The van der Waals surface area contributed by atoms with Crippen molar-refractivity contribution in [3.8, 4) is 17.6 Å². The van der Waals surface area contributed by atoms with Crippen LogP contribution in [0.15, 0.2) is 48.0 Å². The van der Waals surface area contributed by atoms with E-state index in [2.05, 4.69) is 5.32 Å². The van der Waals surface area contributed by atoms with Gasteiger partial charge in [0, 0.05) is 6.92 Å². The maximum atomic E-state index is 13.6. The van der Waals surface area contributed by atoms with Crippen molar-refractivity contribution in [1.29, 1.82) is 5.26 Å². The van der Waals surface area contributed by atoms with Crippen LogP contribution >= 0.6 is 0 Å². The molecule has 2 aromatic rings. The average molecular weight is 354 g/mol. The zero-order valence-electron chi connectivity index (χ0n) is 14.1. The highest BCUT2D eigenvalue weighted by Crippen LogP contribution is 2.29. The van der Waals surface area contributed by atoms with Crippen molar-refractivity contribution in [3.05, 3.63) is 59.4 Å². The van der Waals surface area contributed by atoms with E-state index in [1.165, 1.54) is 50.4 Å². The lowest BCUT2D eigenvalue weighted by atomic mass is 10.1. The summed E-state index contributed by atoms with van der Waals surface area (Å²) in [6, 6.07) is 12.0. The Morgan fingerprint density at radius 3 is 2.54 bits per heavy atom. The first-order chi connectivity index (χ1) is 12.4. The van der Waals surface area contributed by atoms with Gasteiger partial charge < -0.3 is 14.8 Å². The van der Waals surface area contributed by atoms with Crippen LogP contribution in [0.3, 0.4) is 0 Å². The number of ether oxygens (including phenoxy) is 2. The highest BCUT2D eigenvalue weighted by molar-refractivity contribution is 6.09. The number of anilines is 1. The lowest BCUT2D eigenvalue weighted by Gasteiger charge is -2.09. The van der Waals surface area contributed by atoms with Crippen LogP contribution < -0.4 is 14.8 Å². The largest absolute Gasteiger partial charge is 0.493 e. The number of carbonyl (C=O) groups excluding carboxylic acids is 2. The van der Waals surface area contributed by atoms with Gasteiger partial charge in [0.25, 0.3) is 5.91 Å². The predicted octanol–water partition coefficient (Wildman–Crippen LogP) is 3.31. The number of nitriles is 1. The lowest BCUT2D eigenvalue weighted by Crippen LogP contribution is -2.14. The summed E-state index contributed by atoms with van der Waals surface area (Å²) in [6.45, 7) is 1.26. The molecule has 0 aliphatic heterocycles. The minimum atomic E-state index is -0.749. The van der Waals surface area contributed by atoms with Crippen LogP contribution in [0, 0.1) is 17.1 Å². The van der Waals surface area contributed by atoms with Gasteiger partial charge in [-0.1, -0.05) is 18.2 Å². The fourth-order valence-corrected chi connectivity index (χ4v) is 2.08. The molecule has 1 amide bonds. The quantitative estimate of drug-likeness (QED) is 0.385. The molecule has 1 N–H and O–H groups in total. The number of carbonyl (C=O) groups is 2. The number of rotatable bonds is 5. The minimum Gasteiger partial charge on any atom is -0.493 e. The van der Waals surface area contributed by atoms with E-state index < -0.39 is 17.7 Å². The van der Waals surface area contributed by atoms with Crippen LogP contribution in [-0.4, -0.2) is 19.0 Å². The number of esters is 1. The fourth-order valence-electron chi connectivity index (χ4n) is 2.08. The Morgan fingerprint density at radius 1 is 1.19 bits per heavy atom. The van der Waals surface area contributed by atoms with Gasteiger partial charge in [-0.15, -0.1) is 0 Å². The van der Waals surface area contributed by atoms with E-state index in [4.69, 9.17) is 9.47 Å². The van der Waals surface area contributed by atoms with Gasteiger partial charge in [-0.25, -0.2) is 4.39 Å². The molecule has 2 aromatic carbocycles.